The molecule has 0 fully saturated rings. The van der Waals surface area contributed by atoms with E-state index in [2.05, 4.69) is 39.8 Å². The molecule has 0 bridgehead atoms. The fourth-order valence-electron chi connectivity index (χ4n) is 1.25. The number of aryl methyl sites for hydroxylation is 3. The fourth-order valence-corrected chi connectivity index (χ4v) is 1.25. The van der Waals surface area contributed by atoms with Gasteiger partial charge in [-0.3, -0.25) is 0 Å². The Morgan fingerprint density at radius 3 is 1.64 bits per heavy atom. The summed E-state index contributed by atoms with van der Waals surface area (Å²) < 4.78 is 0. The maximum atomic E-state index is 2.22. The number of benzene rings is 1. The second kappa shape index (κ2) is 4.00. The SMILES string of the molecule is Cc1cc(C)c(C)c(C)c1.[H-].[Li+]. The quantitative estimate of drug-likeness (QED) is 0.448. The van der Waals surface area contributed by atoms with Crippen molar-refractivity contribution in [1.82, 2.24) is 0 Å². The summed E-state index contributed by atoms with van der Waals surface area (Å²) in [7, 11) is 0. The van der Waals surface area contributed by atoms with Gasteiger partial charge in [-0.15, -0.1) is 0 Å². The van der Waals surface area contributed by atoms with Gasteiger partial charge in [0.1, 0.15) is 0 Å². The third-order valence-electron chi connectivity index (χ3n) is 2.07. The van der Waals surface area contributed by atoms with E-state index < -0.39 is 0 Å². The van der Waals surface area contributed by atoms with Crippen molar-refractivity contribution in [2.75, 3.05) is 0 Å². The van der Waals surface area contributed by atoms with Gasteiger partial charge in [0.15, 0.2) is 0 Å². The van der Waals surface area contributed by atoms with Crippen molar-refractivity contribution in [2.24, 2.45) is 0 Å². The number of rotatable bonds is 0. The molecule has 0 spiro atoms. The maximum absolute atomic E-state index is 2.22. The number of hydrogen-bond donors (Lipinski definition) is 0. The molecule has 0 N–H and O–H groups in total. The Morgan fingerprint density at radius 2 is 1.27 bits per heavy atom. The standard InChI is InChI=1S/C10H14.Li.H/c1-7-5-8(2)10(4)9(3)6-7;;/h5-6H,1-4H3;;/q;+1;-1. The Balaban J connectivity index is 0. The van der Waals surface area contributed by atoms with Crippen LogP contribution in [0.4, 0.5) is 0 Å². The van der Waals surface area contributed by atoms with Crippen molar-refractivity contribution in [3.63, 3.8) is 0 Å². The minimum atomic E-state index is 0. The molecule has 0 saturated carbocycles. The van der Waals surface area contributed by atoms with Crippen molar-refractivity contribution in [3.05, 3.63) is 34.4 Å². The zero-order valence-electron chi connectivity index (χ0n) is 9.15. The van der Waals surface area contributed by atoms with E-state index in [1.165, 1.54) is 22.3 Å². The van der Waals surface area contributed by atoms with Crippen LogP contribution in [0.15, 0.2) is 12.1 Å². The monoisotopic (exact) mass is 142 g/mol. The average Bonchev–Trinajstić information content (AvgIpc) is 1.82. The third-order valence-corrected chi connectivity index (χ3v) is 2.07. The van der Waals surface area contributed by atoms with E-state index in [0.717, 1.165) is 0 Å². The molecule has 0 saturated heterocycles. The van der Waals surface area contributed by atoms with E-state index in [-0.39, 0.29) is 20.3 Å². The van der Waals surface area contributed by atoms with Crippen LogP contribution in [0.5, 0.6) is 0 Å². The smallest absolute Gasteiger partial charge is 1.00 e. The van der Waals surface area contributed by atoms with Gasteiger partial charge in [0.25, 0.3) is 0 Å². The minimum Gasteiger partial charge on any atom is -1.00 e. The van der Waals surface area contributed by atoms with E-state index in [9.17, 15) is 0 Å². The van der Waals surface area contributed by atoms with Crippen molar-refractivity contribution < 1.29 is 20.3 Å². The first kappa shape index (κ1) is 10.8. The van der Waals surface area contributed by atoms with Gasteiger partial charge in [-0.2, -0.15) is 0 Å². The van der Waals surface area contributed by atoms with Crippen molar-refractivity contribution in [2.45, 2.75) is 27.7 Å². The van der Waals surface area contributed by atoms with Gasteiger partial charge in [-0.25, -0.2) is 0 Å². The second-order valence-electron chi connectivity index (χ2n) is 3.02. The molecule has 0 amide bonds. The molecular formula is C10H15Li. The molecule has 1 heteroatoms. The van der Waals surface area contributed by atoms with E-state index in [1.807, 2.05) is 0 Å². The van der Waals surface area contributed by atoms with Crippen LogP contribution in [0.25, 0.3) is 0 Å². The van der Waals surface area contributed by atoms with Gasteiger partial charge in [-0.05, 0) is 44.4 Å². The van der Waals surface area contributed by atoms with E-state index in [4.69, 9.17) is 0 Å². The van der Waals surface area contributed by atoms with Crippen molar-refractivity contribution in [3.8, 4) is 0 Å². The van der Waals surface area contributed by atoms with Crippen LogP contribution < -0.4 is 18.9 Å². The third kappa shape index (κ3) is 2.40. The largest absolute Gasteiger partial charge is 1.00 e. The molecule has 0 heterocycles. The molecule has 56 valence electrons. The van der Waals surface area contributed by atoms with Crippen molar-refractivity contribution in [1.29, 1.82) is 0 Å². The molecule has 0 aliphatic carbocycles. The molecule has 1 aromatic rings. The Labute approximate surface area is 82.7 Å². The molecule has 0 radical (unpaired) electrons. The van der Waals surface area contributed by atoms with Crippen LogP contribution in [0.1, 0.15) is 23.7 Å². The zero-order valence-corrected chi connectivity index (χ0v) is 8.15. The molecule has 0 atom stereocenters. The first-order valence-corrected chi connectivity index (χ1v) is 3.65. The van der Waals surface area contributed by atoms with Crippen LogP contribution >= 0.6 is 0 Å². The Kier molecular flexibility index (Phi) is 3.93. The molecule has 1 aromatic carbocycles. The summed E-state index contributed by atoms with van der Waals surface area (Å²) in [5.74, 6) is 0. The number of hydrogen-bond acceptors (Lipinski definition) is 0. The first-order valence-electron chi connectivity index (χ1n) is 3.65. The Hall–Kier alpha value is -0.183. The van der Waals surface area contributed by atoms with Crippen LogP contribution in [-0.2, 0) is 0 Å². The average molecular weight is 142 g/mol. The maximum Gasteiger partial charge on any atom is 1.00 e. The van der Waals surface area contributed by atoms with Crippen LogP contribution in [0.3, 0.4) is 0 Å². The van der Waals surface area contributed by atoms with Crippen LogP contribution in [0, 0.1) is 27.7 Å². The van der Waals surface area contributed by atoms with E-state index >= 15 is 0 Å². The molecule has 0 unspecified atom stereocenters. The second-order valence-corrected chi connectivity index (χ2v) is 3.02. The van der Waals surface area contributed by atoms with Gasteiger partial charge in [0, 0.05) is 0 Å². The zero-order chi connectivity index (χ0) is 7.72. The summed E-state index contributed by atoms with van der Waals surface area (Å²) in [4.78, 5) is 0. The van der Waals surface area contributed by atoms with Gasteiger partial charge in [0.2, 0.25) is 0 Å². The molecule has 1 rings (SSSR count). The normalized spacial score (nSPS) is 9.09. The van der Waals surface area contributed by atoms with Crippen molar-refractivity contribution >= 4 is 0 Å². The topological polar surface area (TPSA) is 0 Å². The summed E-state index contributed by atoms with van der Waals surface area (Å²) in [5.41, 5.74) is 5.58. The predicted octanol–water partition coefficient (Wildman–Crippen LogP) is 0.0368. The van der Waals surface area contributed by atoms with Gasteiger partial charge >= 0.3 is 18.9 Å². The van der Waals surface area contributed by atoms with E-state index in [1.54, 1.807) is 0 Å². The Bertz CT molecular complexity index is 233. The first-order chi connectivity index (χ1) is 4.61. The summed E-state index contributed by atoms with van der Waals surface area (Å²) in [5, 5.41) is 0. The molecular weight excluding hydrogens is 127 g/mol. The van der Waals surface area contributed by atoms with Crippen LogP contribution in [0.2, 0.25) is 0 Å². The van der Waals surface area contributed by atoms with Gasteiger partial charge in [-0.1, -0.05) is 17.7 Å². The van der Waals surface area contributed by atoms with E-state index in [0.29, 0.717) is 0 Å². The van der Waals surface area contributed by atoms with Gasteiger partial charge in [0.05, 0.1) is 0 Å². The minimum absolute atomic E-state index is 0. The summed E-state index contributed by atoms with van der Waals surface area (Å²) in [6.07, 6.45) is 0. The predicted molar refractivity (Wildman–Crippen MR) is 46.5 cm³/mol. The molecule has 11 heavy (non-hydrogen) atoms. The summed E-state index contributed by atoms with van der Waals surface area (Å²) in [6.45, 7) is 8.63. The summed E-state index contributed by atoms with van der Waals surface area (Å²) >= 11 is 0. The summed E-state index contributed by atoms with van der Waals surface area (Å²) in [6, 6.07) is 4.45. The van der Waals surface area contributed by atoms with Crippen LogP contribution in [-0.4, -0.2) is 0 Å². The van der Waals surface area contributed by atoms with Gasteiger partial charge < -0.3 is 1.43 Å². The molecule has 0 aromatic heterocycles. The molecule has 0 aliphatic rings. The fraction of sp³-hybridized carbons (Fsp3) is 0.400. The molecule has 0 nitrogen and oxygen atoms in total. The molecule has 0 aliphatic heterocycles. The Morgan fingerprint density at radius 1 is 0.909 bits per heavy atom.